The van der Waals surface area contributed by atoms with Crippen molar-refractivity contribution in [2.45, 2.75) is 26.0 Å². The number of hydrogen-bond donors (Lipinski definition) is 1. The van der Waals surface area contributed by atoms with Crippen LogP contribution < -0.4 is 5.32 Å². The van der Waals surface area contributed by atoms with Crippen molar-refractivity contribution in [2.75, 3.05) is 26.7 Å². The van der Waals surface area contributed by atoms with Crippen LogP contribution in [0.15, 0.2) is 4.52 Å². The van der Waals surface area contributed by atoms with E-state index in [0.717, 1.165) is 6.54 Å². The van der Waals surface area contributed by atoms with Crippen LogP contribution in [0, 0.1) is 6.92 Å². The first-order chi connectivity index (χ1) is 8.49. The van der Waals surface area contributed by atoms with Crippen molar-refractivity contribution in [2.24, 2.45) is 0 Å². The molecule has 0 saturated carbocycles. The first kappa shape index (κ1) is 13.0. The van der Waals surface area contributed by atoms with Gasteiger partial charge in [0, 0.05) is 20.0 Å². The number of aromatic nitrogens is 2. The summed E-state index contributed by atoms with van der Waals surface area (Å²) in [5.74, 6) is 0.796. The van der Waals surface area contributed by atoms with Gasteiger partial charge in [0.25, 0.3) is 5.91 Å². The third kappa shape index (κ3) is 2.85. The lowest BCUT2D eigenvalue weighted by Gasteiger charge is -2.37. The summed E-state index contributed by atoms with van der Waals surface area (Å²) < 4.78 is 10.4. The monoisotopic (exact) mass is 254 g/mol. The zero-order chi connectivity index (χ0) is 13.2. The molecule has 1 N–H and O–H groups in total. The Balaban J connectivity index is 1.91. The van der Waals surface area contributed by atoms with Gasteiger partial charge in [-0.05, 0) is 14.0 Å². The lowest BCUT2D eigenvalue weighted by Crippen LogP contribution is -2.57. The molecule has 2 heterocycles. The molecule has 0 spiro atoms. The van der Waals surface area contributed by atoms with Crippen molar-refractivity contribution in [1.29, 1.82) is 0 Å². The number of carbonyl (C=O) groups excluding carboxylic acids is 1. The molecule has 2 rings (SSSR count). The number of morpholine rings is 1. The highest BCUT2D eigenvalue weighted by Gasteiger charge is 2.38. The molecule has 1 atom stereocenters. The molecule has 7 nitrogen and oxygen atoms in total. The summed E-state index contributed by atoms with van der Waals surface area (Å²) in [4.78, 5) is 18.2. The fourth-order valence-electron chi connectivity index (χ4n) is 1.96. The third-order valence-electron chi connectivity index (χ3n) is 2.92. The summed E-state index contributed by atoms with van der Waals surface area (Å²) in [6, 6.07) is 0. The van der Waals surface area contributed by atoms with E-state index in [1.807, 2.05) is 7.05 Å². The summed E-state index contributed by atoms with van der Waals surface area (Å²) in [7, 11) is 1.97. The molecule has 0 radical (unpaired) electrons. The number of amides is 1. The molecule has 1 aliphatic heterocycles. The summed E-state index contributed by atoms with van der Waals surface area (Å²) in [6.45, 7) is 5.72. The summed E-state index contributed by atoms with van der Waals surface area (Å²) in [5.41, 5.74) is -0.814. The first-order valence-corrected chi connectivity index (χ1v) is 5.89. The van der Waals surface area contributed by atoms with Crippen molar-refractivity contribution >= 4 is 5.91 Å². The van der Waals surface area contributed by atoms with E-state index in [9.17, 15) is 4.79 Å². The molecular formula is C11H18N4O3. The maximum atomic E-state index is 12.1. The van der Waals surface area contributed by atoms with E-state index >= 15 is 0 Å². The molecule has 1 aliphatic rings. The second-order valence-corrected chi connectivity index (χ2v) is 4.73. The van der Waals surface area contributed by atoms with Gasteiger partial charge < -0.3 is 19.5 Å². The van der Waals surface area contributed by atoms with Crippen LogP contribution in [-0.4, -0.2) is 53.3 Å². The van der Waals surface area contributed by atoms with Gasteiger partial charge >= 0.3 is 0 Å². The minimum atomic E-state index is -0.814. The van der Waals surface area contributed by atoms with Gasteiger partial charge in [0.15, 0.2) is 11.4 Å². The number of nitrogens with one attached hydrogen (secondary N) is 1. The highest BCUT2D eigenvalue weighted by atomic mass is 16.5. The van der Waals surface area contributed by atoms with Crippen molar-refractivity contribution in [3.8, 4) is 0 Å². The topological polar surface area (TPSA) is 80.5 Å². The van der Waals surface area contributed by atoms with Crippen molar-refractivity contribution in [3.63, 3.8) is 0 Å². The van der Waals surface area contributed by atoms with Crippen LogP contribution in [0.2, 0.25) is 0 Å². The number of ether oxygens (including phenoxy) is 1. The van der Waals surface area contributed by atoms with Crippen LogP contribution in [0.4, 0.5) is 0 Å². The average Bonchev–Trinajstić information content (AvgIpc) is 2.71. The number of rotatable bonds is 3. The Morgan fingerprint density at radius 2 is 2.39 bits per heavy atom. The average molecular weight is 254 g/mol. The molecule has 1 fully saturated rings. The first-order valence-electron chi connectivity index (χ1n) is 5.89. The van der Waals surface area contributed by atoms with Crippen LogP contribution in [0.25, 0.3) is 0 Å². The van der Waals surface area contributed by atoms with Gasteiger partial charge in [-0.15, -0.1) is 0 Å². The Labute approximate surface area is 105 Å². The molecule has 18 heavy (non-hydrogen) atoms. The van der Waals surface area contributed by atoms with Crippen LogP contribution in [-0.2, 0) is 16.1 Å². The number of nitrogens with zero attached hydrogens (tertiary/aromatic N) is 3. The Bertz CT molecular complexity index is 434. The number of hydrogen-bond acceptors (Lipinski definition) is 6. The number of carbonyl (C=O) groups is 1. The van der Waals surface area contributed by atoms with Crippen LogP contribution in [0.1, 0.15) is 18.6 Å². The Kier molecular flexibility index (Phi) is 3.63. The second-order valence-electron chi connectivity index (χ2n) is 4.73. The number of aryl methyl sites for hydroxylation is 1. The highest BCUT2D eigenvalue weighted by molar-refractivity contribution is 5.85. The van der Waals surface area contributed by atoms with Crippen LogP contribution in [0.3, 0.4) is 0 Å². The minimum absolute atomic E-state index is 0.156. The Morgan fingerprint density at radius 3 is 3.00 bits per heavy atom. The van der Waals surface area contributed by atoms with Gasteiger partial charge in [0.2, 0.25) is 5.89 Å². The lowest BCUT2D eigenvalue weighted by atomic mass is 10.0. The maximum absolute atomic E-state index is 12.1. The molecule has 1 amide bonds. The van der Waals surface area contributed by atoms with E-state index in [-0.39, 0.29) is 12.5 Å². The summed E-state index contributed by atoms with van der Waals surface area (Å²) in [6.07, 6.45) is 0. The van der Waals surface area contributed by atoms with Gasteiger partial charge in [-0.2, -0.15) is 4.98 Å². The van der Waals surface area contributed by atoms with Gasteiger partial charge in [-0.25, -0.2) is 0 Å². The van der Waals surface area contributed by atoms with E-state index in [1.54, 1.807) is 13.8 Å². The fourth-order valence-corrected chi connectivity index (χ4v) is 1.96. The van der Waals surface area contributed by atoms with E-state index in [0.29, 0.717) is 24.9 Å². The molecule has 100 valence electrons. The van der Waals surface area contributed by atoms with Crippen LogP contribution >= 0.6 is 0 Å². The quantitative estimate of drug-likeness (QED) is 0.798. The second kappa shape index (κ2) is 5.03. The van der Waals surface area contributed by atoms with E-state index in [2.05, 4.69) is 20.4 Å². The maximum Gasteiger partial charge on any atom is 0.253 e. The van der Waals surface area contributed by atoms with Gasteiger partial charge in [0.1, 0.15) is 0 Å². The van der Waals surface area contributed by atoms with E-state index in [1.165, 1.54) is 0 Å². The zero-order valence-electron chi connectivity index (χ0n) is 10.9. The highest BCUT2D eigenvalue weighted by Crippen LogP contribution is 2.16. The van der Waals surface area contributed by atoms with Crippen molar-refractivity contribution in [3.05, 3.63) is 11.7 Å². The van der Waals surface area contributed by atoms with Crippen molar-refractivity contribution in [1.82, 2.24) is 20.4 Å². The summed E-state index contributed by atoms with van der Waals surface area (Å²) >= 11 is 0. The van der Waals surface area contributed by atoms with Gasteiger partial charge in [-0.3, -0.25) is 4.79 Å². The normalized spacial score (nSPS) is 25.1. The SMILES string of the molecule is Cc1nc(CNC(=O)[C@@]2(C)CN(C)CCO2)no1. The number of likely N-dealkylation sites (N-methyl/N-ethyl adjacent to an activating group) is 1. The standard InChI is InChI=1S/C11H18N4O3/c1-8-13-9(14-18-8)6-12-10(16)11(2)7-15(3)4-5-17-11/h4-7H2,1-3H3,(H,12,16)/t11-/m1/s1. The van der Waals surface area contributed by atoms with E-state index < -0.39 is 5.60 Å². The zero-order valence-corrected chi connectivity index (χ0v) is 10.9. The predicted octanol–water partition coefficient (Wildman–Crippen LogP) is -0.285. The molecule has 1 saturated heterocycles. The largest absolute Gasteiger partial charge is 0.363 e. The molecule has 1 aromatic rings. The third-order valence-corrected chi connectivity index (χ3v) is 2.92. The molecule has 0 aromatic carbocycles. The van der Waals surface area contributed by atoms with E-state index in [4.69, 9.17) is 9.26 Å². The molecule has 0 unspecified atom stereocenters. The summed E-state index contributed by atoms with van der Waals surface area (Å²) in [5, 5.41) is 6.49. The van der Waals surface area contributed by atoms with Crippen molar-refractivity contribution < 1.29 is 14.1 Å². The molecule has 0 bridgehead atoms. The molecule has 7 heteroatoms. The molecular weight excluding hydrogens is 236 g/mol. The predicted molar refractivity (Wildman–Crippen MR) is 62.7 cm³/mol. The molecule has 0 aliphatic carbocycles. The van der Waals surface area contributed by atoms with Gasteiger partial charge in [0.05, 0.1) is 13.2 Å². The smallest absolute Gasteiger partial charge is 0.253 e. The minimum Gasteiger partial charge on any atom is -0.363 e. The lowest BCUT2D eigenvalue weighted by molar-refractivity contribution is -0.155. The Morgan fingerprint density at radius 1 is 1.61 bits per heavy atom. The Hall–Kier alpha value is -1.47. The fraction of sp³-hybridized carbons (Fsp3) is 0.727. The van der Waals surface area contributed by atoms with Crippen LogP contribution in [0.5, 0.6) is 0 Å². The molecule has 1 aromatic heterocycles. The van der Waals surface area contributed by atoms with Gasteiger partial charge in [-0.1, -0.05) is 5.16 Å².